The molecule has 1 heterocycles. The van der Waals surface area contributed by atoms with Crippen LogP contribution in [0.2, 0.25) is 0 Å². The van der Waals surface area contributed by atoms with Crippen molar-refractivity contribution in [1.82, 2.24) is 4.57 Å². The van der Waals surface area contributed by atoms with E-state index in [4.69, 9.17) is 15.9 Å². The van der Waals surface area contributed by atoms with E-state index in [0.717, 1.165) is 21.3 Å². The first-order chi connectivity index (χ1) is 15.7. The number of terminal acetylenes is 1. The van der Waals surface area contributed by atoms with Crippen LogP contribution < -0.4 is 14.3 Å². The van der Waals surface area contributed by atoms with E-state index in [1.54, 1.807) is 14.2 Å². The number of ether oxygens (including phenoxy) is 2. The molecule has 0 aliphatic heterocycles. The quantitative estimate of drug-likeness (QED) is 0.410. The lowest BCUT2D eigenvalue weighted by Gasteiger charge is -2.14. The number of nitrogens with zero attached hydrogens (tertiary/aromatic N) is 2. The lowest BCUT2D eigenvalue weighted by molar-refractivity contribution is -0.118. The van der Waals surface area contributed by atoms with E-state index in [-0.39, 0.29) is 12.5 Å². The molecule has 0 N–H and O–H groups in total. The summed E-state index contributed by atoms with van der Waals surface area (Å²) in [6, 6.07) is 23.1. The van der Waals surface area contributed by atoms with Crippen molar-refractivity contribution in [2.75, 3.05) is 14.2 Å². The van der Waals surface area contributed by atoms with Gasteiger partial charge in [0.05, 0.1) is 36.9 Å². The largest absolute Gasteiger partial charge is 0.493 e. The second kappa shape index (κ2) is 9.54. The number of amides is 1. The summed E-state index contributed by atoms with van der Waals surface area (Å²) >= 11 is 1.39. The van der Waals surface area contributed by atoms with Crippen LogP contribution in [-0.4, -0.2) is 24.7 Å². The number of hydrogen-bond acceptors (Lipinski definition) is 4. The molecule has 0 radical (unpaired) electrons. The van der Waals surface area contributed by atoms with E-state index in [9.17, 15) is 4.79 Å². The standard InChI is InChI=1S/C26H22N2O3S/c1-4-15-28-20-16-21(30-2)22(31-3)17-23(20)32-26(28)27-25(29)24(18-11-7-5-8-12-18)19-13-9-6-10-14-19/h1,5-14,16-17,24H,15H2,2-3H3. The van der Waals surface area contributed by atoms with E-state index in [1.165, 1.54) is 11.3 Å². The van der Waals surface area contributed by atoms with Crippen LogP contribution in [0.3, 0.4) is 0 Å². The highest BCUT2D eigenvalue weighted by molar-refractivity contribution is 7.16. The predicted octanol–water partition coefficient (Wildman–Crippen LogP) is 4.61. The van der Waals surface area contributed by atoms with E-state index in [2.05, 4.69) is 10.9 Å². The molecule has 4 aromatic rings. The monoisotopic (exact) mass is 442 g/mol. The predicted molar refractivity (Wildman–Crippen MR) is 127 cm³/mol. The van der Waals surface area contributed by atoms with Gasteiger partial charge in [-0.1, -0.05) is 77.9 Å². The average molecular weight is 443 g/mol. The van der Waals surface area contributed by atoms with Gasteiger partial charge in [-0.25, -0.2) is 0 Å². The van der Waals surface area contributed by atoms with E-state index >= 15 is 0 Å². The van der Waals surface area contributed by atoms with Crippen molar-refractivity contribution in [2.45, 2.75) is 12.5 Å². The number of aromatic nitrogens is 1. The minimum absolute atomic E-state index is 0.251. The molecule has 0 bridgehead atoms. The molecule has 6 heteroatoms. The topological polar surface area (TPSA) is 52.8 Å². The van der Waals surface area contributed by atoms with Gasteiger partial charge in [-0.15, -0.1) is 6.42 Å². The molecule has 0 spiro atoms. The molecular weight excluding hydrogens is 420 g/mol. The lowest BCUT2D eigenvalue weighted by Crippen LogP contribution is -2.20. The number of carbonyl (C=O) groups excluding carboxylic acids is 1. The van der Waals surface area contributed by atoms with Gasteiger partial charge in [-0.3, -0.25) is 4.79 Å². The smallest absolute Gasteiger partial charge is 0.260 e. The van der Waals surface area contributed by atoms with Gasteiger partial charge < -0.3 is 14.0 Å². The van der Waals surface area contributed by atoms with E-state index in [1.807, 2.05) is 77.4 Å². The maximum Gasteiger partial charge on any atom is 0.260 e. The summed E-state index contributed by atoms with van der Waals surface area (Å²) in [5.41, 5.74) is 2.62. The molecule has 5 nitrogen and oxygen atoms in total. The number of carbonyl (C=O) groups is 1. The summed E-state index contributed by atoms with van der Waals surface area (Å²) in [7, 11) is 3.17. The van der Waals surface area contributed by atoms with Crippen molar-refractivity contribution in [3.8, 4) is 23.8 Å². The zero-order valence-corrected chi connectivity index (χ0v) is 18.6. The average Bonchev–Trinajstić information content (AvgIpc) is 3.15. The Morgan fingerprint density at radius 2 is 1.56 bits per heavy atom. The third-order valence-corrected chi connectivity index (χ3v) is 6.20. The molecule has 0 saturated carbocycles. The SMILES string of the molecule is C#CCn1c(=NC(=O)C(c2ccccc2)c2ccccc2)sc2cc(OC)c(OC)cc21. The van der Waals surface area contributed by atoms with Crippen molar-refractivity contribution in [3.63, 3.8) is 0 Å². The summed E-state index contributed by atoms with van der Waals surface area (Å²) in [5.74, 6) is 3.10. The summed E-state index contributed by atoms with van der Waals surface area (Å²) < 4.78 is 13.6. The Hall–Kier alpha value is -3.82. The maximum absolute atomic E-state index is 13.5. The van der Waals surface area contributed by atoms with Gasteiger partial charge in [0.2, 0.25) is 0 Å². The second-order valence-electron chi connectivity index (χ2n) is 7.05. The molecular formula is C26H22N2O3S. The van der Waals surface area contributed by atoms with Crippen LogP contribution >= 0.6 is 11.3 Å². The number of benzene rings is 3. The molecule has 0 saturated heterocycles. The number of methoxy groups -OCH3 is 2. The fourth-order valence-electron chi connectivity index (χ4n) is 3.65. The zero-order valence-electron chi connectivity index (χ0n) is 17.8. The summed E-state index contributed by atoms with van der Waals surface area (Å²) in [6.45, 7) is 0.281. The summed E-state index contributed by atoms with van der Waals surface area (Å²) in [6.07, 6.45) is 5.63. The van der Waals surface area contributed by atoms with Gasteiger partial charge in [0.1, 0.15) is 0 Å². The Morgan fingerprint density at radius 1 is 1.00 bits per heavy atom. The Balaban J connectivity index is 1.89. The van der Waals surface area contributed by atoms with Crippen molar-refractivity contribution in [3.05, 3.63) is 88.7 Å². The molecule has 4 rings (SSSR count). The van der Waals surface area contributed by atoms with Crippen LogP contribution in [0.25, 0.3) is 10.2 Å². The number of hydrogen-bond donors (Lipinski definition) is 0. The third kappa shape index (κ3) is 4.16. The first kappa shape index (κ1) is 21.4. The summed E-state index contributed by atoms with van der Waals surface area (Å²) in [4.78, 5) is 18.6. The highest BCUT2D eigenvalue weighted by atomic mass is 32.1. The third-order valence-electron chi connectivity index (χ3n) is 5.16. The van der Waals surface area contributed by atoms with Crippen molar-refractivity contribution < 1.29 is 14.3 Å². The van der Waals surface area contributed by atoms with Crippen LogP contribution in [0.5, 0.6) is 11.5 Å². The minimum atomic E-state index is -0.508. The highest BCUT2D eigenvalue weighted by Gasteiger charge is 2.23. The van der Waals surface area contributed by atoms with Gasteiger partial charge >= 0.3 is 0 Å². The van der Waals surface area contributed by atoms with Crippen LogP contribution in [0.15, 0.2) is 77.8 Å². The number of rotatable bonds is 6. The van der Waals surface area contributed by atoms with Gasteiger partial charge in [0.25, 0.3) is 5.91 Å². The summed E-state index contributed by atoms with van der Waals surface area (Å²) in [5, 5.41) is 0. The molecule has 0 aliphatic carbocycles. The van der Waals surface area contributed by atoms with Crippen molar-refractivity contribution >= 4 is 27.5 Å². The second-order valence-corrected chi connectivity index (χ2v) is 8.06. The molecule has 3 aromatic carbocycles. The molecule has 1 aromatic heterocycles. The Labute approximate surface area is 190 Å². The lowest BCUT2D eigenvalue weighted by atomic mass is 9.91. The molecule has 0 atom stereocenters. The van der Waals surface area contributed by atoms with Crippen LogP contribution in [-0.2, 0) is 11.3 Å². The Bertz CT molecular complexity index is 1310. The van der Waals surface area contributed by atoms with Gasteiger partial charge in [-0.2, -0.15) is 4.99 Å². The molecule has 160 valence electrons. The normalized spacial score (nSPS) is 11.5. The molecule has 32 heavy (non-hydrogen) atoms. The van der Waals surface area contributed by atoms with Gasteiger partial charge in [0, 0.05) is 12.1 Å². The molecule has 0 unspecified atom stereocenters. The van der Waals surface area contributed by atoms with Gasteiger partial charge in [-0.05, 0) is 11.1 Å². The fourth-order valence-corrected chi connectivity index (χ4v) is 4.70. The zero-order chi connectivity index (χ0) is 22.5. The first-order valence-corrected chi connectivity index (χ1v) is 10.8. The van der Waals surface area contributed by atoms with Gasteiger partial charge in [0.15, 0.2) is 16.3 Å². The minimum Gasteiger partial charge on any atom is -0.493 e. The van der Waals surface area contributed by atoms with Crippen molar-refractivity contribution in [1.29, 1.82) is 0 Å². The fraction of sp³-hybridized carbons (Fsp3) is 0.154. The first-order valence-electron chi connectivity index (χ1n) is 10.0. The van der Waals surface area contributed by atoms with E-state index < -0.39 is 5.92 Å². The van der Waals surface area contributed by atoms with Crippen LogP contribution in [0.1, 0.15) is 17.0 Å². The molecule has 0 aliphatic rings. The van der Waals surface area contributed by atoms with Crippen molar-refractivity contribution in [2.24, 2.45) is 4.99 Å². The highest BCUT2D eigenvalue weighted by Crippen LogP contribution is 2.33. The van der Waals surface area contributed by atoms with E-state index in [0.29, 0.717) is 16.3 Å². The molecule has 0 fully saturated rings. The van der Waals surface area contributed by atoms with Crippen LogP contribution in [0.4, 0.5) is 0 Å². The van der Waals surface area contributed by atoms with Crippen LogP contribution in [0, 0.1) is 12.3 Å². The molecule has 1 amide bonds. The number of fused-ring (bicyclic) bond motifs is 1. The Kier molecular flexibility index (Phi) is 6.39. The Morgan fingerprint density at radius 3 is 2.09 bits per heavy atom. The maximum atomic E-state index is 13.5. The number of thiazole rings is 1.